The zero-order valence-electron chi connectivity index (χ0n) is 13.3. The monoisotopic (exact) mass is 315 g/mol. The molecule has 1 aromatic heterocycles. The SMILES string of the molecule is CCOCC(=O)NNc1nccc(OCc2ccccc2)c1C. The van der Waals surface area contributed by atoms with Gasteiger partial charge in [-0.2, -0.15) is 0 Å². The third-order valence-electron chi connectivity index (χ3n) is 3.15. The van der Waals surface area contributed by atoms with Crippen LogP contribution >= 0.6 is 0 Å². The molecule has 23 heavy (non-hydrogen) atoms. The lowest BCUT2D eigenvalue weighted by atomic mass is 10.2. The van der Waals surface area contributed by atoms with Crippen molar-refractivity contribution in [2.45, 2.75) is 20.5 Å². The van der Waals surface area contributed by atoms with Crippen LogP contribution in [0.15, 0.2) is 42.6 Å². The second kappa shape index (κ2) is 8.75. The van der Waals surface area contributed by atoms with E-state index in [2.05, 4.69) is 15.8 Å². The number of rotatable bonds is 8. The van der Waals surface area contributed by atoms with Crippen LogP contribution in [0.2, 0.25) is 0 Å². The minimum atomic E-state index is -0.261. The van der Waals surface area contributed by atoms with E-state index < -0.39 is 0 Å². The summed E-state index contributed by atoms with van der Waals surface area (Å²) in [6.07, 6.45) is 1.63. The summed E-state index contributed by atoms with van der Waals surface area (Å²) >= 11 is 0. The quantitative estimate of drug-likeness (QED) is 0.732. The van der Waals surface area contributed by atoms with Gasteiger partial charge in [0.2, 0.25) is 0 Å². The van der Waals surface area contributed by atoms with Crippen LogP contribution in [0, 0.1) is 6.92 Å². The fourth-order valence-corrected chi connectivity index (χ4v) is 1.90. The summed E-state index contributed by atoms with van der Waals surface area (Å²) in [5.41, 5.74) is 7.24. The van der Waals surface area contributed by atoms with E-state index in [4.69, 9.17) is 9.47 Å². The normalized spacial score (nSPS) is 10.2. The number of nitrogens with zero attached hydrogens (tertiary/aromatic N) is 1. The van der Waals surface area contributed by atoms with Gasteiger partial charge in [0, 0.05) is 18.4 Å². The van der Waals surface area contributed by atoms with E-state index in [1.165, 1.54) is 0 Å². The maximum absolute atomic E-state index is 11.5. The van der Waals surface area contributed by atoms with Crippen molar-refractivity contribution < 1.29 is 14.3 Å². The van der Waals surface area contributed by atoms with Crippen LogP contribution in [0.1, 0.15) is 18.1 Å². The van der Waals surface area contributed by atoms with E-state index >= 15 is 0 Å². The van der Waals surface area contributed by atoms with Crippen molar-refractivity contribution in [3.8, 4) is 5.75 Å². The molecule has 0 spiro atoms. The maximum atomic E-state index is 11.5. The predicted octanol–water partition coefficient (Wildman–Crippen LogP) is 2.45. The Labute approximate surface area is 135 Å². The molecule has 1 heterocycles. The third kappa shape index (κ3) is 5.27. The second-order valence-corrected chi connectivity index (χ2v) is 4.87. The molecule has 0 fully saturated rings. The summed E-state index contributed by atoms with van der Waals surface area (Å²) in [5, 5.41) is 0. The van der Waals surface area contributed by atoms with Crippen molar-refractivity contribution in [1.82, 2.24) is 10.4 Å². The molecular formula is C17H21N3O3. The smallest absolute Gasteiger partial charge is 0.264 e. The first-order chi connectivity index (χ1) is 11.2. The lowest BCUT2D eigenvalue weighted by Crippen LogP contribution is -2.33. The molecule has 0 radical (unpaired) electrons. The first kappa shape index (κ1) is 16.8. The average Bonchev–Trinajstić information content (AvgIpc) is 2.59. The predicted molar refractivity (Wildman–Crippen MR) is 88.0 cm³/mol. The third-order valence-corrected chi connectivity index (χ3v) is 3.15. The van der Waals surface area contributed by atoms with Gasteiger partial charge in [-0.15, -0.1) is 0 Å². The summed E-state index contributed by atoms with van der Waals surface area (Å²) in [6.45, 7) is 4.69. The summed E-state index contributed by atoms with van der Waals surface area (Å²) in [5.74, 6) is 0.995. The highest BCUT2D eigenvalue weighted by Crippen LogP contribution is 2.23. The van der Waals surface area contributed by atoms with Gasteiger partial charge < -0.3 is 9.47 Å². The number of carbonyl (C=O) groups excluding carboxylic acids is 1. The van der Waals surface area contributed by atoms with Gasteiger partial charge in [-0.3, -0.25) is 15.6 Å². The van der Waals surface area contributed by atoms with Crippen molar-refractivity contribution in [3.05, 3.63) is 53.7 Å². The van der Waals surface area contributed by atoms with E-state index in [-0.39, 0.29) is 12.5 Å². The van der Waals surface area contributed by atoms with Crippen LogP contribution < -0.4 is 15.6 Å². The van der Waals surface area contributed by atoms with Crippen LogP contribution in [0.3, 0.4) is 0 Å². The second-order valence-electron chi connectivity index (χ2n) is 4.87. The number of hydrogen-bond acceptors (Lipinski definition) is 5. The largest absolute Gasteiger partial charge is 0.488 e. The van der Waals surface area contributed by atoms with Gasteiger partial charge in [0.05, 0.1) is 0 Å². The van der Waals surface area contributed by atoms with E-state index in [0.29, 0.717) is 24.8 Å². The van der Waals surface area contributed by atoms with Crippen LogP contribution in [0.4, 0.5) is 5.82 Å². The first-order valence-corrected chi connectivity index (χ1v) is 7.45. The standard InChI is InChI=1S/C17H21N3O3/c1-3-22-12-16(21)19-20-17-13(2)15(9-10-18-17)23-11-14-7-5-4-6-8-14/h4-10H,3,11-12H2,1-2H3,(H,18,20)(H,19,21). The Kier molecular flexibility index (Phi) is 6.38. The highest BCUT2D eigenvalue weighted by Gasteiger charge is 2.08. The molecule has 0 saturated carbocycles. The molecule has 2 N–H and O–H groups in total. The molecule has 2 rings (SSSR count). The van der Waals surface area contributed by atoms with Gasteiger partial charge in [0.1, 0.15) is 19.0 Å². The zero-order valence-corrected chi connectivity index (χ0v) is 13.3. The molecule has 2 aromatic rings. The number of hydrogen-bond donors (Lipinski definition) is 2. The molecule has 6 heteroatoms. The van der Waals surface area contributed by atoms with Crippen LogP contribution in [-0.4, -0.2) is 24.1 Å². The number of aromatic nitrogens is 1. The van der Waals surface area contributed by atoms with Crippen molar-refractivity contribution in [2.24, 2.45) is 0 Å². The van der Waals surface area contributed by atoms with Crippen molar-refractivity contribution >= 4 is 11.7 Å². The minimum Gasteiger partial charge on any atom is -0.488 e. The topological polar surface area (TPSA) is 72.5 Å². The molecule has 0 aliphatic heterocycles. The molecule has 0 bridgehead atoms. The molecule has 122 valence electrons. The number of nitrogens with one attached hydrogen (secondary N) is 2. The number of amides is 1. The summed E-state index contributed by atoms with van der Waals surface area (Å²) in [7, 11) is 0. The number of benzene rings is 1. The van der Waals surface area contributed by atoms with Crippen LogP contribution in [0.5, 0.6) is 5.75 Å². The molecule has 6 nitrogen and oxygen atoms in total. The van der Waals surface area contributed by atoms with E-state index in [0.717, 1.165) is 11.1 Å². The van der Waals surface area contributed by atoms with Crippen LogP contribution in [0.25, 0.3) is 0 Å². The zero-order chi connectivity index (χ0) is 16.5. The number of anilines is 1. The van der Waals surface area contributed by atoms with E-state index in [1.54, 1.807) is 12.3 Å². The number of hydrazine groups is 1. The van der Waals surface area contributed by atoms with E-state index in [9.17, 15) is 4.79 Å². The maximum Gasteiger partial charge on any atom is 0.264 e. The van der Waals surface area contributed by atoms with Gasteiger partial charge in [-0.1, -0.05) is 30.3 Å². The summed E-state index contributed by atoms with van der Waals surface area (Å²) < 4.78 is 10.8. The molecule has 0 saturated heterocycles. The molecule has 0 aliphatic rings. The Bertz CT molecular complexity index is 632. The minimum absolute atomic E-state index is 0.00669. The van der Waals surface area contributed by atoms with Crippen LogP contribution in [-0.2, 0) is 16.1 Å². The molecule has 0 atom stereocenters. The Balaban J connectivity index is 1.93. The lowest BCUT2D eigenvalue weighted by Gasteiger charge is -2.14. The molecular weight excluding hydrogens is 294 g/mol. The van der Waals surface area contributed by atoms with Crippen molar-refractivity contribution in [3.63, 3.8) is 0 Å². The lowest BCUT2D eigenvalue weighted by molar-refractivity contribution is -0.125. The van der Waals surface area contributed by atoms with Gasteiger partial charge in [-0.25, -0.2) is 4.98 Å². The Hall–Kier alpha value is -2.60. The highest BCUT2D eigenvalue weighted by atomic mass is 16.5. The number of ether oxygens (including phenoxy) is 2. The Morgan fingerprint density at radius 1 is 1.22 bits per heavy atom. The van der Waals surface area contributed by atoms with Gasteiger partial charge in [-0.05, 0) is 25.5 Å². The van der Waals surface area contributed by atoms with Gasteiger partial charge >= 0.3 is 0 Å². The van der Waals surface area contributed by atoms with E-state index in [1.807, 2.05) is 44.2 Å². The van der Waals surface area contributed by atoms with Gasteiger partial charge in [0.25, 0.3) is 5.91 Å². The number of pyridine rings is 1. The molecule has 1 amide bonds. The van der Waals surface area contributed by atoms with Crippen molar-refractivity contribution in [2.75, 3.05) is 18.6 Å². The average molecular weight is 315 g/mol. The van der Waals surface area contributed by atoms with Gasteiger partial charge in [0.15, 0.2) is 5.82 Å². The first-order valence-electron chi connectivity index (χ1n) is 7.45. The fraction of sp³-hybridized carbons (Fsp3) is 0.294. The molecule has 0 unspecified atom stereocenters. The molecule has 0 aliphatic carbocycles. The number of carbonyl (C=O) groups is 1. The Morgan fingerprint density at radius 3 is 2.74 bits per heavy atom. The Morgan fingerprint density at radius 2 is 2.00 bits per heavy atom. The summed E-state index contributed by atoms with van der Waals surface area (Å²) in [4.78, 5) is 15.7. The highest BCUT2D eigenvalue weighted by molar-refractivity contribution is 5.78. The fourth-order valence-electron chi connectivity index (χ4n) is 1.90. The summed E-state index contributed by atoms with van der Waals surface area (Å²) in [6, 6.07) is 11.7. The van der Waals surface area contributed by atoms with Crippen molar-refractivity contribution in [1.29, 1.82) is 0 Å². The molecule has 1 aromatic carbocycles.